The van der Waals surface area contributed by atoms with Gasteiger partial charge in [-0.1, -0.05) is 27.7 Å². The van der Waals surface area contributed by atoms with Gasteiger partial charge in [-0.2, -0.15) is 10.1 Å². The van der Waals surface area contributed by atoms with Gasteiger partial charge < -0.3 is 10.6 Å². The first kappa shape index (κ1) is 12.7. The zero-order chi connectivity index (χ0) is 12.0. The summed E-state index contributed by atoms with van der Waals surface area (Å²) in [5, 5.41) is 14.2. The average molecular weight is 223 g/mol. The Morgan fingerprint density at radius 2 is 1.69 bits per heavy atom. The molecule has 16 heavy (non-hydrogen) atoms. The van der Waals surface area contributed by atoms with E-state index in [2.05, 4.69) is 53.5 Å². The fourth-order valence-corrected chi connectivity index (χ4v) is 1.07. The van der Waals surface area contributed by atoms with Gasteiger partial charge in [-0.25, -0.2) is 0 Å². The van der Waals surface area contributed by atoms with Crippen molar-refractivity contribution in [3.63, 3.8) is 0 Å². The second kappa shape index (κ2) is 6.25. The Kier molecular flexibility index (Phi) is 4.95. The van der Waals surface area contributed by atoms with Gasteiger partial charge >= 0.3 is 0 Å². The number of nitrogens with one attached hydrogen (secondary N) is 2. The minimum atomic E-state index is 0.566. The SMILES string of the molecule is CC(C)CNc1cnnc(NCC(C)C)n1. The minimum absolute atomic E-state index is 0.566. The lowest BCUT2D eigenvalue weighted by Crippen LogP contribution is -2.14. The molecule has 0 radical (unpaired) electrons. The van der Waals surface area contributed by atoms with Crippen molar-refractivity contribution < 1.29 is 0 Å². The zero-order valence-electron chi connectivity index (χ0n) is 10.5. The largest absolute Gasteiger partial charge is 0.368 e. The van der Waals surface area contributed by atoms with Crippen LogP contribution >= 0.6 is 0 Å². The molecule has 0 aromatic carbocycles. The van der Waals surface area contributed by atoms with Crippen LogP contribution in [0.2, 0.25) is 0 Å². The van der Waals surface area contributed by atoms with Crippen molar-refractivity contribution in [2.75, 3.05) is 23.7 Å². The molecular weight excluding hydrogens is 202 g/mol. The molecule has 1 aromatic rings. The molecule has 1 heterocycles. The second-order valence-corrected chi connectivity index (χ2v) is 4.71. The van der Waals surface area contributed by atoms with Gasteiger partial charge in [0.25, 0.3) is 0 Å². The Balaban J connectivity index is 2.50. The summed E-state index contributed by atoms with van der Waals surface area (Å²) in [7, 11) is 0. The van der Waals surface area contributed by atoms with Crippen LogP contribution in [-0.4, -0.2) is 28.3 Å². The molecule has 0 unspecified atom stereocenters. The van der Waals surface area contributed by atoms with Crippen LogP contribution in [0.4, 0.5) is 11.8 Å². The van der Waals surface area contributed by atoms with Crippen LogP contribution in [0.15, 0.2) is 6.20 Å². The van der Waals surface area contributed by atoms with Crippen molar-refractivity contribution in [2.45, 2.75) is 27.7 Å². The van der Waals surface area contributed by atoms with Crippen LogP contribution < -0.4 is 10.6 Å². The third kappa shape index (κ3) is 4.91. The molecule has 0 atom stereocenters. The Bertz CT molecular complexity index is 284. The van der Waals surface area contributed by atoms with E-state index in [1.807, 2.05) is 0 Å². The molecule has 0 aliphatic heterocycles. The van der Waals surface area contributed by atoms with Gasteiger partial charge in [0.2, 0.25) is 5.95 Å². The minimum Gasteiger partial charge on any atom is -0.368 e. The molecule has 0 aliphatic carbocycles. The first-order valence-electron chi connectivity index (χ1n) is 5.75. The van der Waals surface area contributed by atoms with E-state index in [-0.39, 0.29) is 0 Å². The van der Waals surface area contributed by atoms with E-state index in [0.29, 0.717) is 17.8 Å². The molecule has 0 saturated heterocycles. The first-order valence-corrected chi connectivity index (χ1v) is 5.75. The van der Waals surface area contributed by atoms with E-state index >= 15 is 0 Å². The van der Waals surface area contributed by atoms with Crippen molar-refractivity contribution >= 4 is 11.8 Å². The molecular formula is C11H21N5. The van der Waals surface area contributed by atoms with Crippen molar-refractivity contribution in [3.8, 4) is 0 Å². The van der Waals surface area contributed by atoms with Crippen molar-refractivity contribution in [1.82, 2.24) is 15.2 Å². The molecule has 5 nitrogen and oxygen atoms in total. The number of aromatic nitrogens is 3. The van der Waals surface area contributed by atoms with Gasteiger partial charge in [-0.15, -0.1) is 5.10 Å². The Morgan fingerprint density at radius 1 is 1.06 bits per heavy atom. The summed E-state index contributed by atoms with van der Waals surface area (Å²) in [6, 6.07) is 0. The highest BCUT2D eigenvalue weighted by Crippen LogP contribution is 2.05. The molecule has 1 rings (SSSR count). The molecule has 0 spiro atoms. The van der Waals surface area contributed by atoms with E-state index in [9.17, 15) is 0 Å². The summed E-state index contributed by atoms with van der Waals surface area (Å²) >= 11 is 0. The number of nitrogens with zero attached hydrogens (tertiary/aromatic N) is 3. The third-order valence-corrected chi connectivity index (χ3v) is 1.92. The highest BCUT2D eigenvalue weighted by molar-refractivity contribution is 5.36. The molecule has 0 saturated carbocycles. The fraction of sp³-hybridized carbons (Fsp3) is 0.727. The summed E-state index contributed by atoms with van der Waals surface area (Å²) < 4.78 is 0. The number of hydrogen-bond donors (Lipinski definition) is 2. The summed E-state index contributed by atoms with van der Waals surface area (Å²) in [5.74, 6) is 2.51. The second-order valence-electron chi connectivity index (χ2n) is 4.71. The lowest BCUT2D eigenvalue weighted by Gasteiger charge is -2.10. The maximum absolute atomic E-state index is 4.32. The van der Waals surface area contributed by atoms with Crippen LogP contribution in [-0.2, 0) is 0 Å². The van der Waals surface area contributed by atoms with Crippen LogP contribution in [0.3, 0.4) is 0 Å². The Morgan fingerprint density at radius 3 is 2.31 bits per heavy atom. The van der Waals surface area contributed by atoms with Gasteiger partial charge in [0.15, 0.2) is 5.82 Å². The first-order chi connectivity index (χ1) is 7.58. The third-order valence-electron chi connectivity index (χ3n) is 1.92. The Hall–Kier alpha value is -1.39. The van der Waals surface area contributed by atoms with Crippen LogP contribution in [0.1, 0.15) is 27.7 Å². The van der Waals surface area contributed by atoms with E-state index in [1.54, 1.807) is 6.20 Å². The van der Waals surface area contributed by atoms with E-state index < -0.39 is 0 Å². The summed E-state index contributed by atoms with van der Waals surface area (Å²) in [6.45, 7) is 10.3. The quantitative estimate of drug-likeness (QED) is 0.772. The number of hydrogen-bond acceptors (Lipinski definition) is 5. The number of rotatable bonds is 6. The van der Waals surface area contributed by atoms with Crippen LogP contribution in [0.5, 0.6) is 0 Å². The zero-order valence-corrected chi connectivity index (χ0v) is 10.5. The maximum Gasteiger partial charge on any atom is 0.244 e. The van der Waals surface area contributed by atoms with E-state index in [1.165, 1.54) is 0 Å². The maximum atomic E-state index is 4.32. The van der Waals surface area contributed by atoms with Crippen LogP contribution in [0, 0.1) is 11.8 Å². The highest BCUT2D eigenvalue weighted by Gasteiger charge is 2.01. The molecule has 0 amide bonds. The molecule has 1 aromatic heterocycles. The summed E-state index contributed by atoms with van der Waals surface area (Å²) in [4.78, 5) is 4.32. The Labute approximate surface area is 97.1 Å². The average Bonchev–Trinajstić information content (AvgIpc) is 2.24. The van der Waals surface area contributed by atoms with Gasteiger partial charge in [0.1, 0.15) is 0 Å². The van der Waals surface area contributed by atoms with Gasteiger partial charge in [-0.05, 0) is 11.8 Å². The normalized spacial score (nSPS) is 10.9. The lowest BCUT2D eigenvalue weighted by molar-refractivity contribution is 0.679. The van der Waals surface area contributed by atoms with Crippen molar-refractivity contribution in [3.05, 3.63) is 6.20 Å². The van der Waals surface area contributed by atoms with Gasteiger partial charge in [0.05, 0.1) is 6.20 Å². The monoisotopic (exact) mass is 223 g/mol. The standard InChI is InChI=1S/C11H21N5/c1-8(2)5-12-10-7-14-16-11(15-10)13-6-9(3)4/h7-9H,5-6H2,1-4H3,(H2,12,13,15,16). The molecule has 0 bridgehead atoms. The van der Waals surface area contributed by atoms with Gasteiger partial charge in [0, 0.05) is 13.1 Å². The summed E-state index contributed by atoms with van der Waals surface area (Å²) in [6.07, 6.45) is 1.64. The lowest BCUT2D eigenvalue weighted by atomic mass is 10.2. The predicted octanol–water partition coefficient (Wildman–Crippen LogP) is 2.01. The smallest absolute Gasteiger partial charge is 0.244 e. The summed E-state index contributed by atoms with van der Waals surface area (Å²) in [5.41, 5.74) is 0. The number of anilines is 2. The molecule has 0 fully saturated rings. The molecule has 0 aliphatic rings. The van der Waals surface area contributed by atoms with Crippen LogP contribution in [0.25, 0.3) is 0 Å². The molecule has 90 valence electrons. The van der Waals surface area contributed by atoms with E-state index in [0.717, 1.165) is 18.9 Å². The van der Waals surface area contributed by atoms with Crippen molar-refractivity contribution in [2.24, 2.45) is 11.8 Å². The van der Waals surface area contributed by atoms with Gasteiger partial charge in [-0.3, -0.25) is 0 Å². The molecule has 5 heteroatoms. The van der Waals surface area contributed by atoms with E-state index in [4.69, 9.17) is 0 Å². The molecule has 2 N–H and O–H groups in total. The van der Waals surface area contributed by atoms with Crippen molar-refractivity contribution in [1.29, 1.82) is 0 Å². The predicted molar refractivity (Wildman–Crippen MR) is 66.5 cm³/mol. The topological polar surface area (TPSA) is 62.7 Å². The highest BCUT2D eigenvalue weighted by atomic mass is 15.3. The fourth-order valence-electron chi connectivity index (χ4n) is 1.07.